The lowest BCUT2D eigenvalue weighted by molar-refractivity contribution is -0.138. The van der Waals surface area contributed by atoms with E-state index in [0.717, 1.165) is 18.1 Å². The van der Waals surface area contributed by atoms with Crippen LogP contribution in [0.1, 0.15) is 52.4 Å². The van der Waals surface area contributed by atoms with Gasteiger partial charge in [0.15, 0.2) is 9.84 Å². The molecule has 1 atom stereocenters. The van der Waals surface area contributed by atoms with Crippen molar-refractivity contribution in [3.8, 4) is 12.0 Å². The second kappa shape index (κ2) is 17.8. The fourth-order valence-electron chi connectivity index (χ4n) is 5.30. The zero-order chi connectivity index (χ0) is 36.3. The Hall–Kier alpha value is -3.96. The van der Waals surface area contributed by atoms with Gasteiger partial charge in [-0.25, -0.2) is 13.2 Å². The van der Waals surface area contributed by atoms with Crippen LogP contribution in [-0.4, -0.2) is 57.3 Å². The van der Waals surface area contributed by atoms with Crippen LogP contribution in [0.15, 0.2) is 65.6 Å². The third-order valence-corrected chi connectivity index (χ3v) is 10.2. The molecule has 1 unspecified atom stereocenters. The molecule has 0 radical (unpaired) electrons. The van der Waals surface area contributed by atoms with Crippen LogP contribution in [0.3, 0.4) is 0 Å². The first-order valence-electron chi connectivity index (χ1n) is 15.7. The number of hydrogen-bond acceptors (Lipinski definition) is 7. The van der Waals surface area contributed by atoms with E-state index in [4.69, 9.17) is 32.7 Å². The summed E-state index contributed by atoms with van der Waals surface area (Å²) in [5, 5.41) is 5.06. The predicted octanol–water partition coefficient (Wildman–Crippen LogP) is 6.85. The summed E-state index contributed by atoms with van der Waals surface area (Å²) in [4.78, 5) is 26.6. The minimum atomic E-state index is -4.81. The van der Waals surface area contributed by atoms with Crippen molar-refractivity contribution in [1.29, 1.82) is 0 Å². The molecule has 4 rings (SSSR count). The molecule has 0 aliphatic carbocycles. The van der Waals surface area contributed by atoms with E-state index in [0.29, 0.717) is 19.5 Å². The van der Waals surface area contributed by atoms with E-state index in [1.165, 1.54) is 31.2 Å². The average molecular weight is 755 g/mol. The minimum absolute atomic E-state index is 0.0288. The number of nitrogens with one attached hydrogen (secondary N) is 2. The Morgan fingerprint density at radius 2 is 1.82 bits per heavy atom. The molecule has 2 amide bonds. The number of hydrogen-bond donors (Lipinski definition) is 2. The maximum absolute atomic E-state index is 14.3. The zero-order valence-corrected chi connectivity index (χ0v) is 29.4. The summed E-state index contributed by atoms with van der Waals surface area (Å²) in [6.45, 7) is 2.39. The van der Waals surface area contributed by atoms with E-state index in [-0.39, 0.29) is 76.1 Å². The van der Waals surface area contributed by atoms with Gasteiger partial charge in [0, 0.05) is 41.2 Å². The summed E-state index contributed by atoms with van der Waals surface area (Å²) < 4.78 is 78.3. The summed E-state index contributed by atoms with van der Waals surface area (Å²) in [5.74, 6) is 1.77. The van der Waals surface area contributed by atoms with Gasteiger partial charge >= 0.3 is 12.3 Å². The molecule has 3 aromatic carbocycles. The smallest absolute Gasteiger partial charge is 0.416 e. The van der Waals surface area contributed by atoms with Gasteiger partial charge in [-0.3, -0.25) is 9.69 Å². The van der Waals surface area contributed by atoms with Crippen LogP contribution in [0.25, 0.3) is 0 Å². The normalized spacial score (nSPS) is 15.0. The van der Waals surface area contributed by atoms with Crippen LogP contribution < -0.4 is 10.6 Å². The molecule has 50 heavy (non-hydrogen) atoms. The number of amides is 2. The van der Waals surface area contributed by atoms with E-state index in [2.05, 4.69) is 22.7 Å². The van der Waals surface area contributed by atoms with Crippen molar-refractivity contribution in [1.82, 2.24) is 15.5 Å². The van der Waals surface area contributed by atoms with Crippen molar-refractivity contribution < 1.29 is 40.7 Å². The molecule has 1 aliphatic rings. The Kier molecular flexibility index (Phi) is 13.8. The SMILES string of the molecule is CCS(=O)(=O)c1ccc(Cl)cc1CNC(=O)c1cc(Cl)c(CN2CCCC(C#COCCNC(=O)OCc3ccccc3)C2)c(C(F)(F)F)c1. The molecule has 0 spiro atoms. The number of rotatable bonds is 12. The quantitative estimate of drug-likeness (QED) is 0.154. The molecule has 3 aromatic rings. The second-order valence-corrected chi connectivity index (χ2v) is 14.6. The summed E-state index contributed by atoms with van der Waals surface area (Å²) in [5.41, 5.74) is -0.477. The van der Waals surface area contributed by atoms with Gasteiger partial charge in [0.2, 0.25) is 0 Å². The van der Waals surface area contributed by atoms with Gasteiger partial charge in [0.05, 0.1) is 22.8 Å². The molecule has 2 N–H and O–H groups in total. The Morgan fingerprint density at radius 3 is 2.54 bits per heavy atom. The van der Waals surface area contributed by atoms with Gasteiger partial charge in [-0.1, -0.05) is 66.4 Å². The monoisotopic (exact) mass is 753 g/mol. The molecule has 268 valence electrons. The highest BCUT2D eigenvalue weighted by Gasteiger charge is 2.36. The number of alkyl carbamates (subject to hydrolysis) is 1. The molecular formula is C35H36Cl2F3N3O6S. The van der Waals surface area contributed by atoms with Crippen LogP contribution in [0.5, 0.6) is 0 Å². The predicted molar refractivity (Wildman–Crippen MR) is 183 cm³/mol. The third kappa shape index (κ3) is 11.3. The van der Waals surface area contributed by atoms with Crippen LogP contribution >= 0.6 is 23.2 Å². The number of nitrogens with zero attached hydrogens (tertiary/aromatic N) is 1. The van der Waals surface area contributed by atoms with Crippen LogP contribution in [-0.2, 0) is 45.2 Å². The van der Waals surface area contributed by atoms with E-state index in [1.807, 2.05) is 35.2 Å². The highest BCUT2D eigenvalue weighted by atomic mass is 35.5. The Labute approximate surface area is 299 Å². The van der Waals surface area contributed by atoms with Crippen molar-refractivity contribution in [2.45, 2.75) is 50.5 Å². The fraction of sp³-hybridized carbons (Fsp3) is 0.371. The van der Waals surface area contributed by atoms with E-state index < -0.39 is 33.6 Å². The van der Waals surface area contributed by atoms with E-state index in [9.17, 15) is 31.2 Å². The summed E-state index contributed by atoms with van der Waals surface area (Å²) in [7, 11) is -3.65. The van der Waals surface area contributed by atoms with Crippen molar-refractivity contribution in [3.63, 3.8) is 0 Å². The van der Waals surface area contributed by atoms with E-state index >= 15 is 0 Å². The van der Waals surface area contributed by atoms with Crippen molar-refractivity contribution in [2.24, 2.45) is 5.92 Å². The first kappa shape index (κ1) is 38.8. The fourth-order valence-corrected chi connectivity index (χ4v) is 6.89. The molecule has 1 heterocycles. The highest BCUT2D eigenvalue weighted by Crippen LogP contribution is 2.37. The Morgan fingerprint density at radius 1 is 1.06 bits per heavy atom. The average Bonchev–Trinajstić information content (AvgIpc) is 3.08. The lowest BCUT2D eigenvalue weighted by Crippen LogP contribution is -2.35. The standard InChI is InChI=1S/C35H36Cl2F3N3O6S/c1-2-50(46,47)32-11-10-28(36)17-27(32)20-42-33(44)26-18-30(35(38,39)40)29(31(37)19-26)22-43-14-6-9-24(21-43)12-15-48-16-13-41-34(45)49-23-25-7-4-3-5-8-25/h3-5,7-8,10-11,17-19,24H,2,6,9,13-14,16,20-23H2,1H3,(H,41,45)(H,42,44). The van der Waals surface area contributed by atoms with Crippen LogP contribution in [0.2, 0.25) is 10.0 Å². The van der Waals surface area contributed by atoms with Crippen LogP contribution in [0, 0.1) is 17.9 Å². The Bertz CT molecular complexity index is 1830. The largest absolute Gasteiger partial charge is 0.445 e. The molecule has 0 saturated carbocycles. The van der Waals surface area contributed by atoms with Crippen LogP contribution in [0.4, 0.5) is 18.0 Å². The Balaban J connectivity index is 1.33. The van der Waals surface area contributed by atoms with Gasteiger partial charge in [-0.15, -0.1) is 0 Å². The lowest BCUT2D eigenvalue weighted by atomic mass is 9.97. The van der Waals surface area contributed by atoms with Gasteiger partial charge in [0.1, 0.15) is 19.3 Å². The maximum Gasteiger partial charge on any atom is 0.416 e. The molecule has 15 heteroatoms. The number of carbonyl (C=O) groups is 2. The van der Waals surface area contributed by atoms with Crippen molar-refractivity contribution in [3.05, 3.63) is 98.5 Å². The minimum Gasteiger partial charge on any atom is -0.445 e. The second-order valence-electron chi connectivity index (χ2n) is 11.5. The molecule has 0 bridgehead atoms. The molecule has 1 aliphatic heterocycles. The number of piperidine rings is 1. The number of benzene rings is 3. The summed E-state index contributed by atoms with van der Waals surface area (Å²) in [6.07, 6.45) is -1.36. The number of likely N-dealkylation sites (tertiary alicyclic amines) is 1. The third-order valence-electron chi connectivity index (χ3n) is 7.85. The number of carbonyl (C=O) groups excluding carboxylic acids is 2. The molecule has 9 nitrogen and oxygen atoms in total. The van der Waals surface area contributed by atoms with E-state index in [1.54, 1.807) is 0 Å². The molecule has 1 saturated heterocycles. The number of ether oxygens (including phenoxy) is 2. The summed E-state index contributed by atoms with van der Waals surface area (Å²) >= 11 is 12.4. The van der Waals surface area contributed by atoms with Gasteiger partial charge < -0.3 is 20.1 Å². The number of sulfone groups is 1. The van der Waals surface area contributed by atoms with Gasteiger partial charge in [-0.2, -0.15) is 13.2 Å². The number of alkyl halides is 3. The topological polar surface area (TPSA) is 114 Å². The molecule has 1 fully saturated rings. The first-order chi connectivity index (χ1) is 23.8. The highest BCUT2D eigenvalue weighted by molar-refractivity contribution is 7.91. The summed E-state index contributed by atoms with van der Waals surface area (Å²) in [6, 6.07) is 15.3. The lowest BCUT2D eigenvalue weighted by Gasteiger charge is -2.31. The molecule has 0 aromatic heterocycles. The van der Waals surface area contributed by atoms with Crippen molar-refractivity contribution in [2.75, 3.05) is 32.0 Å². The zero-order valence-electron chi connectivity index (χ0n) is 27.1. The van der Waals surface area contributed by atoms with Gasteiger partial charge in [0.25, 0.3) is 5.91 Å². The number of halogens is 5. The van der Waals surface area contributed by atoms with Crippen molar-refractivity contribution >= 4 is 45.0 Å². The molecular weight excluding hydrogens is 718 g/mol. The first-order valence-corrected chi connectivity index (χ1v) is 18.2. The van der Waals surface area contributed by atoms with Gasteiger partial charge in [-0.05, 0) is 66.4 Å². The maximum atomic E-state index is 14.3.